The number of aliphatic hydroxyl groups is 1. The summed E-state index contributed by atoms with van der Waals surface area (Å²) in [7, 11) is 1.37. The highest BCUT2D eigenvalue weighted by molar-refractivity contribution is 6.51. The Balaban J connectivity index is 1.94. The van der Waals surface area contributed by atoms with Gasteiger partial charge >= 0.3 is 0 Å². The standard InChI is InChI=1S/C25H21Cl2NO6/c1-4-33-16-8-6-15(7-9-16)28-21(19-10-5-13(2)34-19)20(23(30)25(28)31)22(29)17-11-14(26)12-18(27)24(17)32-3/h5-12,21,29H,4H2,1-3H3/b22-20+. The van der Waals surface area contributed by atoms with Gasteiger partial charge in [0.25, 0.3) is 11.7 Å². The monoisotopic (exact) mass is 501 g/mol. The number of benzene rings is 2. The fraction of sp³-hybridized carbons (Fsp3) is 0.200. The summed E-state index contributed by atoms with van der Waals surface area (Å²) in [5, 5.41) is 11.7. The third-order valence-electron chi connectivity index (χ3n) is 5.37. The van der Waals surface area contributed by atoms with Crippen LogP contribution in [0.15, 0.2) is 58.5 Å². The lowest BCUT2D eigenvalue weighted by Gasteiger charge is -2.24. The van der Waals surface area contributed by atoms with Crippen LogP contribution in [0, 0.1) is 6.92 Å². The van der Waals surface area contributed by atoms with E-state index in [1.807, 2.05) is 6.92 Å². The van der Waals surface area contributed by atoms with Crippen LogP contribution in [0.3, 0.4) is 0 Å². The molecule has 0 spiro atoms. The number of rotatable bonds is 6. The van der Waals surface area contributed by atoms with Crippen molar-refractivity contribution >= 4 is 46.3 Å². The Bertz CT molecular complexity index is 1300. The fourth-order valence-corrected chi connectivity index (χ4v) is 4.50. The van der Waals surface area contributed by atoms with E-state index in [0.29, 0.717) is 29.6 Å². The van der Waals surface area contributed by atoms with Crippen LogP contribution < -0.4 is 14.4 Å². The zero-order valence-corrected chi connectivity index (χ0v) is 20.1. The molecular formula is C25H21Cl2NO6. The number of carbonyl (C=O) groups excluding carboxylic acids is 2. The number of aryl methyl sites for hydroxylation is 1. The Morgan fingerprint density at radius 3 is 2.41 bits per heavy atom. The average molecular weight is 502 g/mol. The molecule has 0 saturated carbocycles. The third-order valence-corrected chi connectivity index (χ3v) is 5.87. The van der Waals surface area contributed by atoms with Crippen molar-refractivity contribution in [2.45, 2.75) is 19.9 Å². The van der Waals surface area contributed by atoms with Crippen molar-refractivity contribution < 1.29 is 28.6 Å². The number of ketones is 1. The Kier molecular flexibility index (Phi) is 6.59. The number of amides is 1. The number of Topliss-reactive ketones (excluding diaryl/α,β-unsaturated/α-hetero) is 1. The van der Waals surface area contributed by atoms with Crippen molar-refractivity contribution in [2.24, 2.45) is 0 Å². The predicted octanol–water partition coefficient (Wildman–Crippen LogP) is 5.93. The van der Waals surface area contributed by atoms with E-state index in [9.17, 15) is 14.7 Å². The number of hydrogen-bond donors (Lipinski definition) is 1. The molecule has 7 nitrogen and oxygen atoms in total. The van der Waals surface area contributed by atoms with Gasteiger partial charge in [-0.25, -0.2) is 0 Å². The van der Waals surface area contributed by atoms with Crippen LogP contribution in [-0.2, 0) is 9.59 Å². The molecule has 0 aliphatic carbocycles. The molecule has 2 aromatic carbocycles. The maximum Gasteiger partial charge on any atom is 0.300 e. The molecule has 1 aromatic heterocycles. The number of methoxy groups -OCH3 is 1. The third kappa shape index (κ3) is 4.13. The lowest BCUT2D eigenvalue weighted by atomic mass is 9.98. The zero-order valence-electron chi connectivity index (χ0n) is 18.6. The van der Waals surface area contributed by atoms with Crippen molar-refractivity contribution in [1.82, 2.24) is 0 Å². The number of hydrogen-bond acceptors (Lipinski definition) is 6. The summed E-state index contributed by atoms with van der Waals surface area (Å²) < 4.78 is 16.6. The first-order valence-corrected chi connectivity index (χ1v) is 11.2. The summed E-state index contributed by atoms with van der Waals surface area (Å²) in [5.74, 6) is -0.570. The van der Waals surface area contributed by atoms with Gasteiger partial charge in [-0.2, -0.15) is 0 Å². The van der Waals surface area contributed by atoms with Crippen LogP contribution in [0.2, 0.25) is 10.0 Å². The topological polar surface area (TPSA) is 89.2 Å². The maximum atomic E-state index is 13.3. The highest BCUT2D eigenvalue weighted by atomic mass is 35.5. The molecule has 34 heavy (non-hydrogen) atoms. The summed E-state index contributed by atoms with van der Waals surface area (Å²) in [4.78, 5) is 27.7. The van der Waals surface area contributed by atoms with Crippen molar-refractivity contribution in [3.05, 3.63) is 81.2 Å². The largest absolute Gasteiger partial charge is 0.507 e. The Morgan fingerprint density at radius 1 is 1.12 bits per heavy atom. The first-order chi connectivity index (χ1) is 16.3. The smallest absolute Gasteiger partial charge is 0.300 e. The fourth-order valence-electron chi connectivity index (χ4n) is 3.93. The molecule has 0 bridgehead atoms. The molecule has 1 amide bonds. The lowest BCUT2D eigenvalue weighted by molar-refractivity contribution is -0.132. The van der Waals surface area contributed by atoms with Gasteiger partial charge in [-0.15, -0.1) is 0 Å². The minimum atomic E-state index is -1.03. The number of ether oxygens (including phenoxy) is 2. The van der Waals surface area contributed by atoms with E-state index in [2.05, 4.69) is 0 Å². The highest BCUT2D eigenvalue weighted by Gasteiger charge is 2.48. The average Bonchev–Trinajstić information content (AvgIpc) is 3.34. The van der Waals surface area contributed by atoms with E-state index >= 15 is 0 Å². The quantitative estimate of drug-likeness (QED) is 0.255. The summed E-state index contributed by atoms with van der Waals surface area (Å²) in [5.41, 5.74) is 0.336. The predicted molar refractivity (Wildman–Crippen MR) is 129 cm³/mol. The van der Waals surface area contributed by atoms with Crippen LogP contribution in [0.5, 0.6) is 11.5 Å². The van der Waals surface area contributed by atoms with Gasteiger partial charge in [0.1, 0.15) is 34.8 Å². The molecule has 176 valence electrons. The summed E-state index contributed by atoms with van der Waals surface area (Å²) in [6.45, 7) is 4.09. The van der Waals surface area contributed by atoms with Gasteiger partial charge in [0, 0.05) is 10.7 Å². The van der Waals surface area contributed by atoms with E-state index < -0.39 is 23.5 Å². The molecular weight excluding hydrogens is 481 g/mol. The second-order valence-corrected chi connectivity index (χ2v) is 8.36. The second-order valence-electron chi connectivity index (χ2n) is 7.51. The van der Waals surface area contributed by atoms with Crippen LogP contribution in [0.25, 0.3) is 5.76 Å². The van der Waals surface area contributed by atoms with Crippen LogP contribution in [0.4, 0.5) is 5.69 Å². The summed E-state index contributed by atoms with van der Waals surface area (Å²) >= 11 is 12.4. The number of nitrogens with zero attached hydrogens (tertiary/aromatic N) is 1. The first kappa shape index (κ1) is 23.7. The summed E-state index contributed by atoms with van der Waals surface area (Å²) in [6, 6.07) is 11.9. The van der Waals surface area contributed by atoms with E-state index in [4.69, 9.17) is 37.1 Å². The van der Waals surface area contributed by atoms with Gasteiger partial charge < -0.3 is 19.0 Å². The number of furan rings is 1. The molecule has 1 N–H and O–H groups in total. The molecule has 0 radical (unpaired) electrons. The number of aliphatic hydroxyl groups excluding tert-OH is 1. The van der Waals surface area contributed by atoms with E-state index in [1.165, 1.54) is 24.1 Å². The number of halogens is 2. The van der Waals surface area contributed by atoms with Gasteiger partial charge in [0.2, 0.25) is 0 Å². The Labute approximate surface area is 206 Å². The Morgan fingerprint density at radius 2 is 1.82 bits per heavy atom. The molecule has 3 aromatic rings. The first-order valence-electron chi connectivity index (χ1n) is 10.4. The molecule has 1 saturated heterocycles. The SMILES string of the molecule is CCOc1ccc(N2C(=O)C(=O)/C(=C(/O)c3cc(Cl)cc(Cl)c3OC)C2c2ccc(C)o2)cc1. The van der Waals surface area contributed by atoms with Crippen LogP contribution in [0.1, 0.15) is 30.0 Å². The molecule has 1 fully saturated rings. The molecule has 1 atom stereocenters. The van der Waals surface area contributed by atoms with Gasteiger partial charge in [0.15, 0.2) is 0 Å². The molecule has 1 aliphatic heterocycles. The zero-order chi connectivity index (χ0) is 24.6. The minimum absolute atomic E-state index is 0.0815. The van der Waals surface area contributed by atoms with Gasteiger partial charge in [-0.05, 0) is 62.4 Å². The van der Waals surface area contributed by atoms with Crippen molar-refractivity contribution in [3.63, 3.8) is 0 Å². The van der Waals surface area contributed by atoms with Crippen molar-refractivity contribution in [3.8, 4) is 11.5 Å². The normalized spacial score (nSPS) is 17.3. The maximum absolute atomic E-state index is 13.3. The van der Waals surface area contributed by atoms with Gasteiger partial charge in [-0.1, -0.05) is 23.2 Å². The van der Waals surface area contributed by atoms with Crippen molar-refractivity contribution in [1.29, 1.82) is 0 Å². The van der Waals surface area contributed by atoms with Gasteiger partial charge in [0.05, 0.1) is 29.9 Å². The van der Waals surface area contributed by atoms with E-state index in [1.54, 1.807) is 43.3 Å². The van der Waals surface area contributed by atoms with Gasteiger partial charge in [-0.3, -0.25) is 14.5 Å². The minimum Gasteiger partial charge on any atom is -0.507 e. The number of anilines is 1. The van der Waals surface area contributed by atoms with E-state index in [-0.39, 0.29) is 26.9 Å². The highest BCUT2D eigenvalue weighted by Crippen LogP contribution is 2.45. The summed E-state index contributed by atoms with van der Waals surface area (Å²) in [6.07, 6.45) is 0. The van der Waals surface area contributed by atoms with E-state index in [0.717, 1.165) is 0 Å². The lowest BCUT2D eigenvalue weighted by Crippen LogP contribution is -2.29. The van der Waals surface area contributed by atoms with Crippen LogP contribution in [-0.4, -0.2) is 30.5 Å². The number of carbonyl (C=O) groups is 2. The molecule has 1 aliphatic rings. The molecule has 2 heterocycles. The van der Waals surface area contributed by atoms with Crippen molar-refractivity contribution in [2.75, 3.05) is 18.6 Å². The second kappa shape index (κ2) is 9.44. The molecule has 4 rings (SSSR count). The molecule has 1 unspecified atom stereocenters. The Hall–Kier alpha value is -3.42. The molecule has 9 heteroatoms. The van der Waals surface area contributed by atoms with Crippen LogP contribution >= 0.6 is 23.2 Å².